The number of carbonyl (C=O) groups excluding carboxylic acids is 1. The highest BCUT2D eigenvalue weighted by molar-refractivity contribution is 7.99. The van der Waals surface area contributed by atoms with Crippen molar-refractivity contribution in [1.82, 2.24) is 14.8 Å². The Hall–Kier alpha value is -1.63. The molecule has 6 nitrogen and oxygen atoms in total. The second-order valence-corrected chi connectivity index (χ2v) is 6.57. The third-order valence-corrected chi connectivity index (χ3v) is 4.92. The van der Waals surface area contributed by atoms with Crippen molar-refractivity contribution >= 4 is 23.3 Å². The number of rotatable bonds is 3. The number of hydrogen-bond acceptors (Lipinski definition) is 6. The number of thioether (sulfide) groups is 1. The summed E-state index contributed by atoms with van der Waals surface area (Å²) >= 11 is 1.38. The molecule has 1 saturated heterocycles. The number of carbonyl (C=O) groups is 1. The lowest BCUT2D eigenvalue weighted by molar-refractivity contribution is -0.137. The highest BCUT2D eigenvalue weighted by Crippen LogP contribution is 2.27. The quantitative estimate of drug-likeness (QED) is 0.789. The van der Waals surface area contributed by atoms with E-state index in [1.807, 2.05) is 0 Å². The van der Waals surface area contributed by atoms with Crippen LogP contribution in [-0.4, -0.2) is 32.6 Å². The van der Waals surface area contributed by atoms with E-state index in [1.54, 1.807) is 7.05 Å². The first kappa shape index (κ1) is 14.3. The highest BCUT2D eigenvalue weighted by Gasteiger charge is 2.26. The standard InChI is InChI=1S/C14H17N3O3S/c1-17-13(19)12(9-5-3-2-4-6-9)15-16-14(17)21-10-7-11(18)20-8-10/h5,10H,2-4,6-8H2,1H3. The van der Waals surface area contributed by atoms with Crippen molar-refractivity contribution in [1.29, 1.82) is 0 Å². The van der Waals surface area contributed by atoms with Crippen molar-refractivity contribution in [2.45, 2.75) is 42.5 Å². The third kappa shape index (κ3) is 3.02. The summed E-state index contributed by atoms with van der Waals surface area (Å²) < 4.78 is 6.44. The Morgan fingerprint density at radius 1 is 1.33 bits per heavy atom. The van der Waals surface area contributed by atoms with Gasteiger partial charge in [0.25, 0.3) is 5.56 Å². The van der Waals surface area contributed by atoms with Crippen LogP contribution in [0.3, 0.4) is 0 Å². The monoisotopic (exact) mass is 307 g/mol. The van der Waals surface area contributed by atoms with Gasteiger partial charge in [0.15, 0.2) is 10.9 Å². The molecule has 2 aliphatic rings. The molecule has 1 unspecified atom stereocenters. The molecule has 0 bridgehead atoms. The van der Waals surface area contributed by atoms with Gasteiger partial charge in [0.05, 0.1) is 11.7 Å². The van der Waals surface area contributed by atoms with E-state index in [9.17, 15) is 9.59 Å². The first-order valence-electron chi connectivity index (χ1n) is 7.10. The van der Waals surface area contributed by atoms with Gasteiger partial charge in [-0.3, -0.25) is 14.2 Å². The van der Waals surface area contributed by atoms with Crippen molar-refractivity contribution in [3.63, 3.8) is 0 Å². The van der Waals surface area contributed by atoms with Crippen LogP contribution >= 0.6 is 11.8 Å². The van der Waals surface area contributed by atoms with Gasteiger partial charge in [-0.15, -0.1) is 10.2 Å². The van der Waals surface area contributed by atoms with E-state index >= 15 is 0 Å². The van der Waals surface area contributed by atoms with E-state index in [0.29, 0.717) is 23.9 Å². The minimum Gasteiger partial charge on any atom is -0.464 e. The number of ether oxygens (including phenoxy) is 1. The Bertz CT molecular complexity index is 653. The summed E-state index contributed by atoms with van der Waals surface area (Å²) in [7, 11) is 1.70. The topological polar surface area (TPSA) is 74.1 Å². The molecule has 112 valence electrons. The van der Waals surface area contributed by atoms with Gasteiger partial charge in [-0.2, -0.15) is 0 Å². The van der Waals surface area contributed by atoms with Crippen LogP contribution in [0.25, 0.3) is 5.57 Å². The second kappa shape index (κ2) is 6.01. The van der Waals surface area contributed by atoms with Crippen molar-refractivity contribution in [3.8, 4) is 0 Å². The Kier molecular flexibility index (Phi) is 4.10. The molecule has 0 aromatic carbocycles. The maximum atomic E-state index is 12.4. The molecular formula is C14H17N3O3S. The first-order chi connectivity index (χ1) is 10.1. The molecule has 1 aromatic rings. The van der Waals surface area contributed by atoms with Crippen LogP contribution in [-0.2, 0) is 16.6 Å². The summed E-state index contributed by atoms with van der Waals surface area (Å²) in [5, 5.41) is 8.84. The zero-order valence-electron chi connectivity index (χ0n) is 11.9. The largest absolute Gasteiger partial charge is 0.464 e. The number of aromatic nitrogens is 3. The lowest BCUT2D eigenvalue weighted by Gasteiger charge is -2.13. The van der Waals surface area contributed by atoms with Crippen LogP contribution in [0.4, 0.5) is 0 Å². The number of hydrogen-bond donors (Lipinski definition) is 0. The lowest BCUT2D eigenvalue weighted by Crippen LogP contribution is -2.26. The maximum absolute atomic E-state index is 12.4. The molecular weight excluding hydrogens is 290 g/mol. The third-order valence-electron chi connectivity index (χ3n) is 3.72. The number of allylic oxidation sites excluding steroid dienone is 2. The lowest BCUT2D eigenvalue weighted by atomic mass is 9.97. The van der Waals surface area contributed by atoms with Crippen molar-refractivity contribution in [2.24, 2.45) is 7.05 Å². The molecule has 2 heterocycles. The predicted molar refractivity (Wildman–Crippen MR) is 78.9 cm³/mol. The zero-order chi connectivity index (χ0) is 14.8. The molecule has 7 heteroatoms. The smallest absolute Gasteiger partial charge is 0.307 e. The molecule has 1 fully saturated rings. The van der Waals surface area contributed by atoms with Gasteiger partial charge in [-0.05, 0) is 31.3 Å². The summed E-state index contributed by atoms with van der Waals surface area (Å²) in [5.74, 6) is -0.200. The van der Waals surface area contributed by atoms with E-state index in [-0.39, 0.29) is 16.8 Å². The predicted octanol–water partition coefficient (Wildman–Crippen LogP) is 1.54. The molecule has 1 atom stereocenters. The van der Waals surface area contributed by atoms with Gasteiger partial charge >= 0.3 is 5.97 Å². The van der Waals surface area contributed by atoms with Crippen LogP contribution in [0.5, 0.6) is 0 Å². The number of cyclic esters (lactones) is 1. The second-order valence-electron chi connectivity index (χ2n) is 5.30. The average molecular weight is 307 g/mol. The van der Waals surface area contributed by atoms with E-state index in [1.165, 1.54) is 22.7 Å². The summed E-state index contributed by atoms with van der Waals surface area (Å²) in [6, 6.07) is 0. The van der Waals surface area contributed by atoms with E-state index in [2.05, 4.69) is 16.3 Å². The van der Waals surface area contributed by atoms with Gasteiger partial charge in [0.1, 0.15) is 6.61 Å². The van der Waals surface area contributed by atoms with Crippen molar-refractivity contribution in [3.05, 3.63) is 22.1 Å². The van der Waals surface area contributed by atoms with Crippen LogP contribution in [0.15, 0.2) is 16.0 Å². The fraction of sp³-hybridized carbons (Fsp3) is 0.571. The maximum Gasteiger partial charge on any atom is 0.307 e. The summed E-state index contributed by atoms with van der Waals surface area (Å²) in [4.78, 5) is 23.5. The molecule has 0 amide bonds. The van der Waals surface area contributed by atoms with Gasteiger partial charge in [-0.25, -0.2) is 0 Å². The molecule has 0 N–H and O–H groups in total. The Morgan fingerprint density at radius 3 is 2.86 bits per heavy atom. The van der Waals surface area contributed by atoms with Crippen LogP contribution in [0.2, 0.25) is 0 Å². The van der Waals surface area contributed by atoms with Crippen molar-refractivity contribution in [2.75, 3.05) is 6.61 Å². The SMILES string of the molecule is Cn1c(SC2COC(=O)C2)nnc(C2=CCCCC2)c1=O. The molecule has 0 radical (unpaired) electrons. The number of esters is 1. The normalized spacial score (nSPS) is 22.0. The molecule has 1 aromatic heterocycles. The Labute approximate surface area is 126 Å². The van der Waals surface area contributed by atoms with Crippen LogP contribution in [0, 0.1) is 0 Å². The Morgan fingerprint density at radius 2 is 2.19 bits per heavy atom. The molecule has 0 spiro atoms. The summed E-state index contributed by atoms with van der Waals surface area (Å²) in [6.07, 6.45) is 6.59. The molecule has 1 aliphatic heterocycles. The average Bonchev–Trinajstić information content (AvgIpc) is 2.90. The fourth-order valence-corrected chi connectivity index (χ4v) is 3.50. The number of nitrogens with zero attached hydrogens (tertiary/aromatic N) is 3. The minimum absolute atomic E-state index is 0.0112. The highest BCUT2D eigenvalue weighted by atomic mass is 32.2. The van der Waals surface area contributed by atoms with Crippen LogP contribution in [0.1, 0.15) is 37.8 Å². The zero-order valence-corrected chi connectivity index (χ0v) is 12.7. The Balaban J connectivity index is 1.84. The molecule has 1 aliphatic carbocycles. The molecule has 3 rings (SSSR count). The summed E-state index contributed by atoms with van der Waals surface area (Å²) in [5.41, 5.74) is 1.34. The van der Waals surface area contributed by atoms with E-state index in [0.717, 1.165) is 24.8 Å². The molecule has 21 heavy (non-hydrogen) atoms. The fourth-order valence-electron chi connectivity index (χ4n) is 2.52. The molecule has 0 saturated carbocycles. The van der Waals surface area contributed by atoms with Gasteiger partial charge < -0.3 is 4.74 Å². The van der Waals surface area contributed by atoms with Crippen molar-refractivity contribution < 1.29 is 9.53 Å². The minimum atomic E-state index is -0.200. The first-order valence-corrected chi connectivity index (χ1v) is 7.98. The summed E-state index contributed by atoms with van der Waals surface area (Å²) in [6.45, 7) is 0.367. The van der Waals surface area contributed by atoms with Gasteiger partial charge in [0, 0.05) is 7.05 Å². The van der Waals surface area contributed by atoms with Gasteiger partial charge in [-0.1, -0.05) is 17.8 Å². The van der Waals surface area contributed by atoms with Crippen LogP contribution < -0.4 is 5.56 Å². The van der Waals surface area contributed by atoms with Gasteiger partial charge in [0.2, 0.25) is 0 Å². The van der Waals surface area contributed by atoms with E-state index in [4.69, 9.17) is 4.74 Å². The van der Waals surface area contributed by atoms with E-state index < -0.39 is 0 Å².